The number of nitrogens with two attached hydrogens (primary N) is 1. The van der Waals surface area contributed by atoms with E-state index in [2.05, 4.69) is 21.2 Å². The zero-order chi connectivity index (χ0) is 12.0. The predicted molar refractivity (Wildman–Crippen MR) is 66.9 cm³/mol. The number of rotatable bonds is 3. The molecule has 16 heavy (non-hydrogen) atoms. The van der Waals surface area contributed by atoms with Crippen molar-refractivity contribution in [2.75, 3.05) is 5.32 Å². The van der Waals surface area contributed by atoms with E-state index in [1.54, 1.807) is 6.20 Å². The lowest BCUT2D eigenvalue weighted by Gasteiger charge is -2.11. The number of aromatic nitrogens is 1. The molecule has 3 N–H and O–H groups in total. The fourth-order valence-corrected chi connectivity index (χ4v) is 1.13. The molecule has 1 aromatic rings. The van der Waals surface area contributed by atoms with E-state index in [0.29, 0.717) is 5.82 Å². The molecule has 1 heterocycles. The molecule has 0 aliphatic heterocycles. The molecule has 0 aromatic carbocycles. The molecule has 4 nitrogen and oxygen atoms in total. The lowest BCUT2D eigenvalue weighted by atomic mass is 10.1. The zero-order valence-corrected chi connectivity index (χ0v) is 9.51. The van der Waals surface area contributed by atoms with Crippen molar-refractivity contribution < 1.29 is 0 Å². The number of anilines is 1. The van der Waals surface area contributed by atoms with Gasteiger partial charge in [-0.1, -0.05) is 25.8 Å². The van der Waals surface area contributed by atoms with Crippen molar-refractivity contribution >= 4 is 11.8 Å². The lowest BCUT2D eigenvalue weighted by molar-refractivity contribution is 0.586. The number of hydrogen-bond donors (Lipinski definition) is 2. The SMILES string of the molecule is C#CC(N=C(N)Nc1ccccn1)C(C)C. The van der Waals surface area contributed by atoms with Crippen LogP contribution in [-0.4, -0.2) is 17.0 Å². The number of nitrogens with one attached hydrogen (secondary N) is 1. The molecule has 0 fully saturated rings. The van der Waals surface area contributed by atoms with Gasteiger partial charge in [0.1, 0.15) is 11.9 Å². The summed E-state index contributed by atoms with van der Waals surface area (Å²) < 4.78 is 0. The van der Waals surface area contributed by atoms with Crippen LogP contribution in [0.5, 0.6) is 0 Å². The van der Waals surface area contributed by atoms with Crippen LogP contribution >= 0.6 is 0 Å². The van der Waals surface area contributed by atoms with Gasteiger partial charge in [0.2, 0.25) is 0 Å². The van der Waals surface area contributed by atoms with E-state index in [0.717, 1.165) is 0 Å². The first-order valence-corrected chi connectivity index (χ1v) is 5.11. The Kier molecular flexibility index (Phi) is 4.34. The van der Waals surface area contributed by atoms with Gasteiger partial charge in [-0.05, 0) is 18.1 Å². The number of pyridine rings is 1. The predicted octanol–water partition coefficient (Wildman–Crippen LogP) is 1.47. The van der Waals surface area contributed by atoms with Gasteiger partial charge in [-0.15, -0.1) is 6.42 Å². The van der Waals surface area contributed by atoms with Crippen molar-refractivity contribution in [2.45, 2.75) is 19.9 Å². The molecule has 0 spiro atoms. The molecule has 0 amide bonds. The molecule has 0 radical (unpaired) electrons. The van der Waals surface area contributed by atoms with Crippen LogP contribution in [0.25, 0.3) is 0 Å². The van der Waals surface area contributed by atoms with Gasteiger partial charge in [-0.3, -0.25) is 0 Å². The molecule has 4 heteroatoms. The Hall–Kier alpha value is -2.02. The summed E-state index contributed by atoms with van der Waals surface area (Å²) in [6.45, 7) is 4.00. The Morgan fingerprint density at radius 1 is 1.56 bits per heavy atom. The van der Waals surface area contributed by atoms with Crippen LogP contribution < -0.4 is 11.1 Å². The van der Waals surface area contributed by atoms with Gasteiger partial charge in [-0.25, -0.2) is 9.98 Å². The van der Waals surface area contributed by atoms with Gasteiger partial charge < -0.3 is 11.1 Å². The largest absolute Gasteiger partial charge is 0.370 e. The molecule has 84 valence electrons. The van der Waals surface area contributed by atoms with Crippen LogP contribution in [0.1, 0.15) is 13.8 Å². The Morgan fingerprint density at radius 2 is 2.31 bits per heavy atom. The first-order chi connectivity index (χ1) is 7.63. The maximum Gasteiger partial charge on any atom is 0.195 e. The number of hydrogen-bond acceptors (Lipinski definition) is 2. The third-order valence-electron chi connectivity index (χ3n) is 2.00. The minimum Gasteiger partial charge on any atom is -0.370 e. The summed E-state index contributed by atoms with van der Waals surface area (Å²) in [6, 6.07) is 5.29. The van der Waals surface area contributed by atoms with Crippen molar-refractivity contribution in [3.63, 3.8) is 0 Å². The molecule has 1 unspecified atom stereocenters. The Bertz CT molecular complexity index is 389. The second kappa shape index (κ2) is 5.76. The fraction of sp³-hybridized carbons (Fsp3) is 0.333. The quantitative estimate of drug-likeness (QED) is 0.457. The molecule has 0 bridgehead atoms. The molecule has 1 rings (SSSR count). The zero-order valence-electron chi connectivity index (χ0n) is 9.51. The van der Waals surface area contributed by atoms with E-state index in [-0.39, 0.29) is 17.9 Å². The minimum atomic E-state index is -0.212. The first-order valence-electron chi connectivity index (χ1n) is 5.11. The Morgan fingerprint density at radius 3 is 2.81 bits per heavy atom. The second-order valence-corrected chi connectivity index (χ2v) is 3.71. The van der Waals surface area contributed by atoms with E-state index in [1.165, 1.54) is 0 Å². The molecular formula is C12H16N4. The van der Waals surface area contributed by atoms with Crippen molar-refractivity contribution in [3.05, 3.63) is 24.4 Å². The highest BCUT2D eigenvalue weighted by molar-refractivity contribution is 5.91. The summed E-state index contributed by atoms with van der Waals surface area (Å²) in [7, 11) is 0. The standard InChI is InChI=1S/C12H16N4/c1-4-10(9(2)3)15-12(13)16-11-7-5-6-8-14-11/h1,5-10H,2-3H3,(H3,13,14,15,16). The van der Waals surface area contributed by atoms with Crippen LogP contribution in [0.2, 0.25) is 0 Å². The highest BCUT2D eigenvalue weighted by Gasteiger charge is 2.08. The number of nitrogens with zero attached hydrogens (tertiary/aromatic N) is 2. The highest BCUT2D eigenvalue weighted by atomic mass is 15.1. The summed E-state index contributed by atoms with van der Waals surface area (Å²) in [6.07, 6.45) is 7.04. The van der Waals surface area contributed by atoms with Crippen LogP contribution in [0.15, 0.2) is 29.4 Å². The van der Waals surface area contributed by atoms with Crippen molar-refractivity contribution in [1.29, 1.82) is 0 Å². The number of terminal acetylenes is 1. The van der Waals surface area contributed by atoms with Gasteiger partial charge in [0.25, 0.3) is 0 Å². The topological polar surface area (TPSA) is 63.3 Å². The maximum absolute atomic E-state index is 5.72. The molecule has 1 atom stereocenters. The number of guanidine groups is 1. The molecule has 0 aliphatic rings. The minimum absolute atomic E-state index is 0.212. The van der Waals surface area contributed by atoms with Crippen LogP contribution in [0.3, 0.4) is 0 Å². The summed E-state index contributed by atoms with van der Waals surface area (Å²) in [5.74, 6) is 3.79. The smallest absolute Gasteiger partial charge is 0.195 e. The van der Waals surface area contributed by atoms with Gasteiger partial charge >= 0.3 is 0 Å². The lowest BCUT2D eigenvalue weighted by Crippen LogP contribution is -2.26. The molecule has 1 aromatic heterocycles. The van der Waals surface area contributed by atoms with Crippen LogP contribution in [0.4, 0.5) is 5.82 Å². The van der Waals surface area contributed by atoms with Gasteiger partial charge in [0, 0.05) is 6.20 Å². The molecular weight excluding hydrogens is 200 g/mol. The van der Waals surface area contributed by atoms with Gasteiger partial charge in [-0.2, -0.15) is 0 Å². The Balaban J connectivity index is 2.69. The van der Waals surface area contributed by atoms with Crippen molar-refractivity contribution in [2.24, 2.45) is 16.6 Å². The van der Waals surface area contributed by atoms with E-state index in [9.17, 15) is 0 Å². The van der Waals surface area contributed by atoms with Crippen molar-refractivity contribution in [1.82, 2.24) is 4.98 Å². The van der Waals surface area contributed by atoms with E-state index < -0.39 is 0 Å². The van der Waals surface area contributed by atoms with E-state index in [4.69, 9.17) is 12.2 Å². The fourth-order valence-electron chi connectivity index (χ4n) is 1.13. The van der Waals surface area contributed by atoms with E-state index in [1.807, 2.05) is 32.0 Å². The average molecular weight is 216 g/mol. The maximum atomic E-state index is 5.72. The van der Waals surface area contributed by atoms with E-state index >= 15 is 0 Å². The first kappa shape index (κ1) is 12.1. The normalized spacial score (nSPS) is 13.2. The van der Waals surface area contributed by atoms with Gasteiger partial charge in [0.05, 0.1) is 0 Å². The third kappa shape index (κ3) is 3.62. The second-order valence-electron chi connectivity index (χ2n) is 3.71. The van der Waals surface area contributed by atoms with Crippen LogP contribution in [0, 0.1) is 18.3 Å². The molecule has 0 aliphatic carbocycles. The Labute approximate surface area is 96.0 Å². The highest BCUT2D eigenvalue weighted by Crippen LogP contribution is 2.05. The number of aliphatic imine (C=N–C) groups is 1. The summed E-state index contributed by atoms with van der Waals surface area (Å²) >= 11 is 0. The van der Waals surface area contributed by atoms with Crippen LogP contribution in [-0.2, 0) is 0 Å². The molecule has 0 saturated carbocycles. The summed E-state index contributed by atoms with van der Waals surface area (Å²) in [4.78, 5) is 8.27. The monoisotopic (exact) mass is 216 g/mol. The summed E-state index contributed by atoms with van der Waals surface area (Å²) in [5.41, 5.74) is 5.72. The summed E-state index contributed by atoms with van der Waals surface area (Å²) in [5, 5.41) is 2.88. The average Bonchev–Trinajstić information content (AvgIpc) is 2.27. The molecule has 0 saturated heterocycles. The third-order valence-corrected chi connectivity index (χ3v) is 2.00. The van der Waals surface area contributed by atoms with Gasteiger partial charge in [0.15, 0.2) is 5.96 Å². The van der Waals surface area contributed by atoms with Crippen molar-refractivity contribution in [3.8, 4) is 12.3 Å².